The van der Waals surface area contributed by atoms with E-state index in [0.29, 0.717) is 0 Å². The Morgan fingerprint density at radius 1 is 1.60 bits per heavy atom. The molecule has 0 aromatic carbocycles. The summed E-state index contributed by atoms with van der Waals surface area (Å²) in [5, 5.41) is 0. The number of halogens is 1. The van der Waals surface area contributed by atoms with Gasteiger partial charge in [0, 0.05) is 11.6 Å². The Morgan fingerprint density at radius 3 is 2.70 bits per heavy atom. The SMILES string of the molecule is C=C[n+]1cccc(C)c1.[Cl-]. The topological polar surface area (TPSA) is 3.88 Å². The maximum Gasteiger partial charge on any atom is 0.177 e. The van der Waals surface area contributed by atoms with Crippen LogP contribution in [0.3, 0.4) is 0 Å². The minimum atomic E-state index is 0. The predicted molar refractivity (Wildman–Crippen MR) is 37.8 cm³/mol. The summed E-state index contributed by atoms with van der Waals surface area (Å²) in [4.78, 5) is 0. The third-order valence-corrected chi connectivity index (χ3v) is 1.18. The normalized spacial score (nSPS) is 8.10. The summed E-state index contributed by atoms with van der Waals surface area (Å²) in [6, 6.07) is 4.05. The van der Waals surface area contributed by atoms with Crippen LogP contribution in [-0.2, 0) is 0 Å². The Kier molecular flexibility index (Phi) is 3.74. The first-order valence-electron chi connectivity index (χ1n) is 2.93. The molecule has 0 amide bonds. The average molecular weight is 156 g/mol. The van der Waals surface area contributed by atoms with Crippen molar-refractivity contribution in [3.63, 3.8) is 0 Å². The van der Waals surface area contributed by atoms with E-state index in [1.807, 2.05) is 23.0 Å². The molecule has 0 N–H and O–H groups in total. The van der Waals surface area contributed by atoms with Crippen molar-refractivity contribution in [1.82, 2.24) is 0 Å². The van der Waals surface area contributed by atoms with Gasteiger partial charge in [-0.05, 0) is 19.6 Å². The van der Waals surface area contributed by atoms with Gasteiger partial charge in [0.05, 0.1) is 0 Å². The molecule has 1 nitrogen and oxygen atoms in total. The van der Waals surface area contributed by atoms with Gasteiger partial charge in [-0.1, -0.05) is 0 Å². The fourth-order valence-electron chi connectivity index (χ4n) is 0.729. The van der Waals surface area contributed by atoms with Crippen molar-refractivity contribution in [2.45, 2.75) is 6.92 Å². The standard InChI is InChI=1S/C8H10N.ClH/c1-3-9-6-4-5-8(2)7-9;/h3-7H,1H2,2H3;1H/q+1;/p-1. The van der Waals surface area contributed by atoms with Crippen molar-refractivity contribution >= 4 is 6.20 Å². The second-order valence-electron chi connectivity index (χ2n) is 2.01. The van der Waals surface area contributed by atoms with E-state index in [1.165, 1.54) is 5.56 Å². The Hall–Kier alpha value is -0.820. The number of pyridine rings is 1. The molecule has 0 unspecified atom stereocenters. The Bertz CT molecular complexity index is 220. The van der Waals surface area contributed by atoms with Gasteiger partial charge in [-0.2, -0.15) is 4.57 Å². The molecule has 1 rings (SSSR count). The molecule has 0 saturated heterocycles. The van der Waals surface area contributed by atoms with E-state index < -0.39 is 0 Å². The van der Waals surface area contributed by atoms with E-state index in [4.69, 9.17) is 0 Å². The summed E-state index contributed by atoms with van der Waals surface area (Å²) in [6.07, 6.45) is 5.75. The second kappa shape index (κ2) is 4.07. The molecule has 10 heavy (non-hydrogen) atoms. The van der Waals surface area contributed by atoms with E-state index in [0.717, 1.165) is 0 Å². The van der Waals surface area contributed by atoms with Crippen LogP contribution in [0.1, 0.15) is 5.56 Å². The van der Waals surface area contributed by atoms with E-state index in [-0.39, 0.29) is 12.4 Å². The molecule has 1 heterocycles. The summed E-state index contributed by atoms with van der Waals surface area (Å²) < 4.78 is 1.93. The number of hydrogen-bond acceptors (Lipinski definition) is 0. The predicted octanol–water partition coefficient (Wildman–Crippen LogP) is -1.61. The molecular weight excluding hydrogens is 146 g/mol. The lowest BCUT2D eigenvalue weighted by Gasteiger charge is -1.86. The molecule has 0 fully saturated rings. The van der Waals surface area contributed by atoms with Gasteiger partial charge in [0.15, 0.2) is 18.6 Å². The molecule has 0 bridgehead atoms. The van der Waals surface area contributed by atoms with Crippen molar-refractivity contribution in [2.24, 2.45) is 0 Å². The third kappa shape index (κ3) is 2.19. The van der Waals surface area contributed by atoms with E-state index in [1.54, 1.807) is 6.20 Å². The van der Waals surface area contributed by atoms with Crippen LogP contribution < -0.4 is 17.0 Å². The number of nitrogens with zero attached hydrogens (tertiary/aromatic N) is 1. The lowest BCUT2D eigenvalue weighted by Crippen LogP contribution is -3.00. The first-order valence-corrected chi connectivity index (χ1v) is 2.93. The number of aryl methyl sites for hydroxylation is 1. The molecule has 1 aromatic heterocycles. The molecule has 2 heteroatoms. The van der Waals surface area contributed by atoms with E-state index in [9.17, 15) is 0 Å². The summed E-state index contributed by atoms with van der Waals surface area (Å²) in [5.41, 5.74) is 1.25. The largest absolute Gasteiger partial charge is 1.00 e. The Morgan fingerprint density at radius 2 is 2.30 bits per heavy atom. The molecule has 0 aliphatic rings. The second-order valence-corrected chi connectivity index (χ2v) is 2.01. The van der Waals surface area contributed by atoms with Gasteiger partial charge in [0.25, 0.3) is 0 Å². The van der Waals surface area contributed by atoms with E-state index >= 15 is 0 Å². The smallest absolute Gasteiger partial charge is 0.177 e. The molecular formula is C8H10ClN. The lowest BCUT2D eigenvalue weighted by atomic mass is 10.3. The third-order valence-electron chi connectivity index (χ3n) is 1.18. The Balaban J connectivity index is 0.000000810. The molecule has 0 radical (unpaired) electrons. The quantitative estimate of drug-likeness (QED) is 0.430. The molecule has 54 valence electrons. The van der Waals surface area contributed by atoms with Crippen LogP contribution in [0.2, 0.25) is 0 Å². The van der Waals surface area contributed by atoms with Crippen molar-refractivity contribution in [2.75, 3.05) is 0 Å². The zero-order valence-corrected chi connectivity index (χ0v) is 6.67. The number of aromatic nitrogens is 1. The summed E-state index contributed by atoms with van der Waals surface area (Å²) in [7, 11) is 0. The highest BCUT2D eigenvalue weighted by Gasteiger charge is 1.90. The van der Waals surface area contributed by atoms with Crippen LogP contribution in [-0.4, -0.2) is 0 Å². The van der Waals surface area contributed by atoms with Crippen molar-refractivity contribution < 1.29 is 17.0 Å². The van der Waals surface area contributed by atoms with Gasteiger partial charge < -0.3 is 12.4 Å². The summed E-state index contributed by atoms with van der Waals surface area (Å²) >= 11 is 0. The fraction of sp³-hybridized carbons (Fsp3) is 0.125. The maximum atomic E-state index is 3.64. The van der Waals surface area contributed by atoms with Gasteiger partial charge in [0.2, 0.25) is 0 Å². The zero-order chi connectivity index (χ0) is 6.69. The average Bonchev–Trinajstić information content (AvgIpc) is 1.88. The molecule has 0 spiro atoms. The van der Waals surface area contributed by atoms with Crippen molar-refractivity contribution in [3.8, 4) is 0 Å². The van der Waals surface area contributed by atoms with Gasteiger partial charge in [0.1, 0.15) is 0 Å². The molecule has 0 aliphatic carbocycles. The summed E-state index contributed by atoms with van der Waals surface area (Å²) in [5.74, 6) is 0. The van der Waals surface area contributed by atoms with Crippen molar-refractivity contribution in [3.05, 3.63) is 36.7 Å². The lowest BCUT2D eigenvalue weighted by molar-refractivity contribution is -0.568. The van der Waals surface area contributed by atoms with Crippen LogP contribution in [0.4, 0.5) is 0 Å². The van der Waals surface area contributed by atoms with Crippen LogP contribution in [0, 0.1) is 6.92 Å². The molecule has 1 aromatic rings. The highest BCUT2D eigenvalue weighted by atomic mass is 35.5. The van der Waals surface area contributed by atoms with Gasteiger partial charge in [-0.3, -0.25) is 0 Å². The van der Waals surface area contributed by atoms with E-state index in [2.05, 4.69) is 19.6 Å². The van der Waals surface area contributed by atoms with Crippen LogP contribution in [0.15, 0.2) is 31.1 Å². The fourth-order valence-corrected chi connectivity index (χ4v) is 0.729. The van der Waals surface area contributed by atoms with Crippen LogP contribution in [0.5, 0.6) is 0 Å². The molecule has 0 atom stereocenters. The van der Waals surface area contributed by atoms with Crippen LogP contribution >= 0.6 is 0 Å². The summed E-state index contributed by atoms with van der Waals surface area (Å²) in [6.45, 7) is 5.69. The highest BCUT2D eigenvalue weighted by molar-refractivity contribution is 5.05. The first kappa shape index (κ1) is 9.18. The number of rotatable bonds is 1. The Labute approximate surface area is 67.4 Å². The first-order chi connectivity index (χ1) is 4.33. The number of hydrogen-bond donors (Lipinski definition) is 0. The van der Waals surface area contributed by atoms with Gasteiger partial charge >= 0.3 is 0 Å². The van der Waals surface area contributed by atoms with Gasteiger partial charge in [-0.25, -0.2) is 0 Å². The minimum absolute atomic E-state index is 0. The molecule has 0 aliphatic heterocycles. The minimum Gasteiger partial charge on any atom is -1.00 e. The van der Waals surface area contributed by atoms with Gasteiger partial charge in [-0.15, -0.1) is 0 Å². The molecule has 0 saturated carbocycles. The van der Waals surface area contributed by atoms with Crippen molar-refractivity contribution in [1.29, 1.82) is 0 Å². The maximum absolute atomic E-state index is 3.64. The monoisotopic (exact) mass is 155 g/mol. The van der Waals surface area contributed by atoms with Crippen LogP contribution in [0.25, 0.3) is 6.20 Å². The highest BCUT2D eigenvalue weighted by Crippen LogP contribution is 1.88. The zero-order valence-electron chi connectivity index (χ0n) is 5.92.